The first kappa shape index (κ1) is 22.1. The van der Waals surface area contributed by atoms with Crippen LogP contribution in [-0.4, -0.2) is 55.3 Å². The van der Waals surface area contributed by atoms with Crippen molar-refractivity contribution in [3.8, 4) is 11.1 Å². The molecular formula is C20H22F3N3O3S. The summed E-state index contributed by atoms with van der Waals surface area (Å²) in [6.07, 6.45) is 0.262. The van der Waals surface area contributed by atoms with Crippen LogP contribution in [0.15, 0.2) is 54.6 Å². The predicted molar refractivity (Wildman–Crippen MR) is 108 cm³/mol. The van der Waals surface area contributed by atoms with E-state index in [9.17, 15) is 26.4 Å². The summed E-state index contributed by atoms with van der Waals surface area (Å²) in [6.45, 7) is -0.564. The molecule has 2 aromatic rings. The Morgan fingerprint density at radius 1 is 1.00 bits per heavy atom. The quantitative estimate of drug-likeness (QED) is 0.776. The van der Waals surface area contributed by atoms with Crippen molar-refractivity contribution in [2.75, 3.05) is 25.5 Å². The lowest BCUT2D eigenvalue weighted by atomic mass is 10.1. The topological polar surface area (TPSA) is 69.7 Å². The zero-order valence-electron chi connectivity index (χ0n) is 16.3. The van der Waals surface area contributed by atoms with E-state index in [2.05, 4.69) is 5.32 Å². The number of sulfonamides is 1. The molecule has 2 amide bonds. The molecule has 3 rings (SSSR count). The molecule has 1 aliphatic rings. The summed E-state index contributed by atoms with van der Waals surface area (Å²) in [5.41, 5.74) is -2.67. The van der Waals surface area contributed by atoms with Crippen molar-refractivity contribution in [3.63, 3.8) is 0 Å². The molecule has 6 nitrogen and oxygen atoms in total. The molecule has 1 saturated heterocycles. The number of alkyl halides is 3. The molecule has 10 heteroatoms. The third-order valence-corrected chi connectivity index (χ3v) is 6.80. The predicted octanol–water partition coefficient (Wildman–Crippen LogP) is 4.13. The second-order valence-electron chi connectivity index (χ2n) is 7.07. The highest BCUT2D eigenvalue weighted by Gasteiger charge is 2.50. The first-order valence-electron chi connectivity index (χ1n) is 9.35. The Morgan fingerprint density at radius 2 is 1.53 bits per heavy atom. The smallest absolute Gasteiger partial charge is 0.325 e. The normalized spacial score (nSPS) is 16.3. The van der Waals surface area contributed by atoms with Gasteiger partial charge in [0.25, 0.3) is 0 Å². The Bertz CT molecular complexity index is 972. The maximum absolute atomic E-state index is 12.7. The van der Waals surface area contributed by atoms with Gasteiger partial charge < -0.3 is 10.2 Å². The molecule has 2 aromatic carbocycles. The molecule has 1 fully saturated rings. The van der Waals surface area contributed by atoms with E-state index in [0.717, 1.165) is 11.1 Å². The van der Waals surface area contributed by atoms with Crippen molar-refractivity contribution in [1.29, 1.82) is 0 Å². The van der Waals surface area contributed by atoms with Crippen LogP contribution >= 0.6 is 0 Å². The van der Waals surface area contributed by atoms with Crippen LogP contribution in [0.5, 0.6) is 0 Å². The molecule has 0 bridgehead atoms. The summed E-state index contributed by atoms with van der Waals surface area (Å²) in [6, 6.07) is 16.3. The Balaban J connectivity index is 1.57. The van der Waals surface area contributed by atoms with Gasteiger partial charge in [0.2, 0.25) is 0 Å². The minimum absolute atomic E-state index is 0.131. The van der Waals surface area contributed by atoms with Gasteiger partial charge in [-0.1, -0.05) is 42.5 Å². The van der Waals surface area contributed by atoms with Crippen molar-refractivity contribution < 1.29 is 26.4 Å². The number of urea groups is 1. The van der Waals surface area contributed by atoms with Gasteiger partial charge in [0.15, 0.2) is 0 Å². The number of carbonyl (C=O) groups excluding carboxylic acids is 1. The summed E-state index contributed by atoms with van der Waals surface area (Å²) in [5, 5.41) is 2.76. The van der Waals surface area contributed by atoms with Crippen LogP contribution in [-0.2, 0) is 10.0 Å². The molecule has 0 aromatic heterocycles. The zero-order chi connectivity index (χ0) is 21.9. The number of rotatable bonds is 4. The number of anilines is 1. The second kappa shape index (κ2) is 8.65. The van der Waals surface area contributed by atoms with E-state index in [1.165, 1.54) is 4.90 Å². The van der Waals surface area contributed by atoms with Gasteiger partial charge in [-0.15, -0.1) is 0 Å². The summed E-state index contributed by atoms with van der Waals surface area (Å²) in [5.74, 6) is 0. The molecule has 0 atom stereocenters. The average molecular weight is 441 g/mol. The molecule has 162 valence electrons. The lowest BCUT2D eigenvalue weighted by molar-refractivity contribution is -0.0497. The number of amides is 2. The SMILES string of the molecule is CN(C(=O)Nc1ccc(-c2ccccc2)cc1)C1CCN(S(=O)(=O)C(F)(F)F)CC1. The Labute approximate surface area is 173 Å². The lowest BCUT2D eigenvalue weighted by Gasteiger charge is -2.36. The van der Waals surface area contributed by atoms with Crippen molar-refractivity contribution in [3.05, 3.63) is 54.6 Å². The van der Waals surface area contributed by atoms with Gasteiger partial charge in [0, 0.05) is 31.9 Å². The van der Waals surface area contributed by atoms with E-state index in [1.54, 1.807) is 19.2 Å². The molecule has 0 saturated carbocycles. The van der Waals surface area contributed by atoms with Crippen molar-refractivity contribution in [2.45, 2.75) is 24.4 Å². The number of hydrogen-bond acceptors (Lipinski definition) is 3. The van der Waals surface area contributed by atoms with E-state index >= 15 is 0 Å². The molecule has 1 heterocycles. The number of piperidine rings is 1. The molecule has 0 aliphatic carbocycles. The number of hydrogen-bond donors (Lipinski definition) is 1. The fourth-order valence-corrected chi connectivity index (χ4v) is 4.35. The number of carbonyl (C=O) groups is 1. The molecule has 0 radical (unpaired) electrons. The van der Waals surface area contributed by atoms with Crippen LogP contribution < -0.4 is 5.32 Å². The highest BCUT2D eigenvalue weighted by Crippen LogP contribution is 2.30. The zero-order valence-corrected chi connectivity index (χ0v) is 17.1. The van der Waals surface area contributed by atoms with E-state index < -0.39 is 21.6 Å². The minimum Gasteiger partial charge on any atom is -0.325 e. The van der Waals surface area contributed by atoms with Gasteiger partial charge in [-0.3, -0.25) is 0 Å². The fraction of sp³-hybridized carbons (Fsp3) is 0.350. The number of benzene rings is 2. The Kier molecular flexibility index (Phi) is 6.37. The first-order valence-corrected chi connectivity index (χ1v) is 10.8. The molecule has 0 spiro atoms. The molecule has 1 aliphatic heterocycles. The molecule has 1 N–H and O–H groups in total. The van der Waals surface area contributed by atoms with Gasteiger partial charge in [-0.2, -0.15) is 17.5 Å². The second-order valence-corrected chi connectivity index (χ2v) is 8.99. The van der Waals surface area contributed by atoms with E-state index in [0.29, 0.717) is 9.99 Å². The van der Waals surface area contributed by atoms with E-state index in [1.807, 2.05) is 42.5 Å². The third kappa shape index (κ3) is 4.76. The Hall–Kier alpha value is -2.59. The fourth-order valence-electron chi connectivity index (χ4n) is 3.37. The summed E-state index contributed by atoms with van der Waals surface area (Å²) in [4.78, 5) is 13.9. The summed E-state index contributed by atoms with van der Waals surface area (Å²) < 4.78 is 61.5. The highest BCUT2D eigenvalue weighted by molar-refractivity contribution is 7.90. The van der Waals surface area contributed by atoms with Gasteiger partial charge in [0.05, 0.1) is 0 Å². The van der Waals surface area contributed by atoms with Gasteiger partial charge in [-0.25, -0.2) is 13.2 Å². The van der Waals surface area contributed by atoms with Crippen molar-refractivity contribution in [2.24, 2.45) is 0 Å². The van der Waals surface area contributed by atoms with Crippen LogP contribution in [0, 0.1) is 0 Å². The average Bonchev–Trinajstić information content (AvgIpc) is 2.73. The van der Waals surface area contributed by atoms with Gasteiger partial charge in [0.1, 0.15) is 0 Å². The van der Waals surface area contributed by atoms with Crippen molar-refractivity contribution in [1.82, 2.24) is 9.21 Å². The lowest BCUT2D eigenvalue weighted by Crippen LogP contribution is -2.50. The first-order chi connectivity index (χ1) is 14.1. The third-order valence-electron chi connectivity index (χ3n) is 5.17. The van der Waals surface area contributed by atoms with E-state index in [-0.39, 0.29) is 32.0 Å². The van der Waals surface area contributed by atoms with E-state index in [4.69, 9.17) is 0 Å². The summed E-state index contributed by atoms with van der Waals surface area (Å²) in [7, 11) is -3.78. The van der Waals surface area contributed by atoms with Gasteiger partial charge in [-0.05, 0) is 36.1 Å². The van der Waals surface area contributed by atoms with Crippen LogP contribution in [0.3, 0.4) is 0 Å². The van der Waals surface area contributed by atoms with Crippen molar-refractivity contribution >= 4 is 21.7 Å². The molecule has 0 unspecified atom stereocenters. The molecule has 30 heavy (non-hydrogen) atoms. The number of nitrogens with zero attached hydrogens (tertiary/aromatic N) is 2. The van der Waals surface area contributed by atoms with Crippen LogP contribution in [0.1, 0.15) is 12.8 Å². The number of halogens is 3. The minimum atomic E-state index is -5.33. The molecular weight excluding hydrogens is 419 g/mol. The maximum Gasteiger partial charge on any atom is 0.511 e. The standard InChI is InChI=1S/C20H22F3N3O3S/c1-25(18-11-13-26(14-12-18)30(28,29)20(21,22)23)19(27)24-17-9-7-16(8-10-17)15-5-3-2-4-6-15/h2-10,18H,11-14H2,1H3,(H,24,27). The van der Waals surface area contributed by atoms with Gasteiger partial charge >= 0.3 is 21.6 Å². The Morgan fingerprint density at radius 3 is 2.07 bits per heavy atom. The summed E-state index contributed by atoms with van der Waals surface area (Å²) >= 11 is 0. The van der Waals surface area contributed by atoms with Crippen LogP contribution in [0.4, 0.5) is 23.7 Å². The monoisotopic (exact) mass is 441 g/mol. The van der Waals surface area contributed by atoms with Crippen LogP contribution in [0.2, 0.25) is 0 Å². The van der Waals surface area contributed by atoms with Crippen LogP contribution in [0.25, 0.3) is 11.1 Å². The highest BCUT2D eigenvalue weighted by atomic mass is 32.2. The number of nitrogens with one attached hydrogen (secondary N) is 1. The maximum atomic E-state index is 12.7. The largest absolute Gasteiger partial charge is 0.511 e.